The molecule has 0 aliphatic carbocycles. The van der Waals surface area contributed by atoms with Crippen LogP contribution in [0.2, 0.25) is 0 Å². The molecule has 1 rings (SSSR count). The highest BCUT2D eigenvalue weighted by Gasteiger charge is 2.36. The quantitative estimate of drug-likeness (QED) is 0.800. The van der Waals surface area contributed by atoms with Gasteiger partial charge in [0.15, 0.2) is 4.90 Å². The van der Waals surface area contributed by atoms with Crippen LogP contribution in [0.1, 0.15) is 29.8 Å². The number of alkyl halides is 3. The predicted molar refractivity (Wildman–Crippen MR) is 75.7 cm³/mol. The molecule has 0 aliphatic heterocycles. The molecular weight excluding hydrogens is 303 g/mol. The number of benzene rings is 1. The van der Waals surface area contributed by atoms with Crippen LogP contribution in [-0.2, 0) is 11.2 Å². The van der Waals surface area contributed by atoms with E-state index in [1.165, 1.54) is 23.1 Å². The number of halogens is 3. The Morgan fingerprint density at radius 2 is 1.95 bits per heavy atom. The van der Waals surface area contributed by atoms with Gasteiger partial charge in [0.2, 0.25) is 5.75 Å². The van der Waals surface area contributed by atoms with Crippen LogP contribution in [0, 0.1) is 6.92 Å². The number of aryl methyl sites for hydroxylation is 1. The Morgan fingerprint density at radius 1 is 1.38 bits per heavy atom. The minimum Gasteiger partial charge on any atom is -0.611 e. The zero-order valence-electron chi connectivity index (χ0n) is 12.3. The van der Waals surface area contributed by atoms with Crippen LogP contribution < -0.4 is 0 Å². The summed E-state index contributed by atoms with van der Waals surface area (Å²) >= 11 is -2.21. The summed E-state index contributed by atoms with van der Waals surface area (Å²) in [6.07, 6.45) is -4.51. The third kappa shape index (κ3) is 4.93. The van der Waals surface area contributed by atoms with Crippen LogP contribution in [0.4, 0.5) is 13.2 Å². The highest BCUT2D eigenvalue weighted by molar-refractivity contribution is 7.91. The van der Waals surface area contributed by atoms with Crippen LogP contribution in [0.25, 0.3) is 0 Å². The highest BCUT2D eigenvalue weighted by Crippen LogP contribution is 2.25. The van der Waals surface area contributed by atoms with E-state index in [2.05, 4.69) is 0 Å². The second-order valence-corrected chi connectivity index (χ2v) is 6.51. The zero-order valence-corrected chi connectivity index (χ0v) is 13.1. The van der Waals surface area contributed by atoms with Crippen molar-refractivity contribution in [3.8, 4) is 0 Å². The summed E-state index contributed by atoms with van der Waals surface area (Å²) in [6.45, 7) is 5.23. The van der Waals surface area contributed by atoms with Crippen molar-refractivity contribution >= 4 is 17.1 Å². The third-order valence-corrected chi connectivity index (χ3v) is 4.59. The summed E-state index contributed by atoms with van der Waals surface area (Å²) in [5.41, 5.74) is 0.712. The number of nitrogens with zero attached hydrogens (tertiary/aromatic N) is 1. The van der Waals surface area contributed by atoms with Gasteiger partial charge >= 0.3 is 6.18 Å². The standard InChI is InChI=1S/C14H18F3NO2S/c1-9(2)18(4)13(19)11-6-5-10(3)12(7-11)21(20)8-14(15,16)17/h5-7,9H,8H2,1-4H3. The van der Waals surface area contributed by atoms with Gasteiger partial charge in [0.05, 0.1) is 0 Å². The van der Waals surface area contributed by atoms with Crippen LogP contribution in [0.3, 0.4) is 0 Å². The first-order valence-electron chi connectivity index (χ1n) is 6.36. The topological polar surface area (TPSA) is 43.4 Å². The summed E-state index contributed by atoms with van der Waals surface area (Å²) in [5, 5.41) is 0. The number of carbonyl (C=O) groups is 1. The fourth-order valence-corrected chi connectivity index (χ4v) is 2.78. The SMILES string of the molecule is Cc1ccc(C(=O)N(C)C(C)C)cc1[S+]([O-])CC(F)(F)F. The molecule has 1 unspecified atom stereocenters. The Bertz CT molecular complexity index is 517. The first kappa shape index (κ1) is 17.8. The van der Waals surface area contributed by atoms with Crippen LogP contribution in [-0.4, -0.2) is 40.4 Å². The Morgan fingerprint density at radius 3 is 2.43 bits per heavy atom. The number of hydrogen-bond acceptors (Lipinski definition) is 2. The van der Waals surface area contributed by atoms with Crippen molar-refractivity contribution in [2.45, 2.75) is 37.9 Å². The van der Waals surface area contributed by atoms with Crippen molar-refractivity contribution in [2.24, 2.45) is 0 Å². The van der Waals surface area contributed by atoms with Gasteiger partial charge in [0.25, 0.3) is 5.91 Å². The normalized spacial score (nSPS) is 13.4. The maximum absolute atomic E-state index is 12.3. The molecule has 0 bridgehead atoms. The smallest absolute Gasteiger partial charge is 0.433 e. The van der Waals surface area contributed by atoms with Crippen LogP contribution >= 0.6 is 0 Å². The average Bonchev–Trinajstić information content (AvgIpc) is 2.35. The molecule has 1 amide bonds. The molecule has 0 saturated carbocycles. The van der Waals surface area contributed by atoms with Gasteiger partial charge in [-0.25, -0.2) is 0 Å². The van der Waals surface area contributed by atoms with Gasteiger partial charge < -0.3 is 9.45 Å². The van der Waals surface area contributed by atoms with Crippen molar-refractivity contribution in [1.82, 2.24) is 4.90 Å². The maximum Gasteiger partial charge on any atom is 0.433 e. The Hall–Kier alpha value is -1.21. The second-order valence-electron chi connectivity index (χ2n) is 5.10. The van der Waals surface area contributed by atoms with Gasteiger partial charge in [-0.05, 0) is 38.0 Å². The molecule has 0 spiro atoms. The van der Waals surface area contributed by atoms with E-state index >= 15 is 0 Å². The Balaban J connectivity index is 3.08. The average molecular weight is 321 g/mol. The first-order valence-corrected chi connectivity index (χ1v) is 7.67. The Kier molecular flexibility index (Phi) is 5.69. The van der Waals surface area contributed by atoms with E-state index in [1.807, 2.05) is 13.8 Å². The fraction of sp³-hybridized carbons (Fsp3) is 0.500. The third-order valence-electron chi connectivity index (χ3n) is 3.07. The summed E-state index contributed by atoms with van der Waals surface area (Å²) in [4.78, 5) is 13.7. The summed E-state index contributed by atoms with van der Waals surface area (Å²) in [5.74, 6) is -1.72. The summed E-state index contributed by atoms with van der Waals surface area (Å²) < 4.78 is 48.9. The molecule has 0 radical (unpaired) electrons. The van der Waals surface area contributed by atoms with Crippen LogP contribution in [0.15, 0.2) is 23.1 Å². The lowest BCUT2D eigenvalue weighted by molar-refractivity contribution is -0.106. The molecule has 118 valence electrons. The molecule has 0 heterocycles. The van der Waals surface area contributed by atoms with Crippen molar-refractivity contribution in [3.63, 3.8) is 0 Å². The predicted octanol–water partition coefficient (Wildman–Crippen LogP) is 3.15. The van der Waals surface area contributed by atoms with Gasteiger partial charge in [-0.1, -0.05) is 6.07 Å². The lowest BCUT2D eigenvalue weighted by Gasteiger charge is -2.22. The molecule has 1 aromatic rings. The fourth-order valence-electron chi connectivity index (χ4n) is 1.64. The van der Waals surface area contributed by atoms with Gasteiger partial charge in [-0.15, -0.1) is 0 Å². The number of carbonyl (C=O) groups excluding carboxylic acids is 1. The minimum atomic E-state index is -4.51. The van der Waals surface area contributed by atoms with Crippen LogP contribution in [0.5, 0.6) is 0 Å². The van der Waals surface area contributed by atoms with Crippen molar-refractivity contribution in [2.75, 3.05) is 12.8 Å². The minimum absolute atomic E-state index is 0.0390. The zero-order chi connectivity index (χ0) is 16.4. The van der Waals surface area contributed by atoms with E-state index in [4.69, 9.17) is 0 Å². The monoisotopic (exact) mass is 321 g/mol. The van der Waals surface area contributed by atoms with Crippen molar-refractivity contribution < 1.29 is 22.5 Å². The van der Waals surface area contributed by atoms with E-state index < -0.39 is 23.1 Å². The van der Waals surface area contributed by atoms with Crippen molar-refractivity contribution in [1.29, 1.82) is 0 Å². The molecule has 0 aliphatic rings. The first-order chi connectivity index (χ1) is 9.53. The highest BCUT2D eigenvalue weighted by atomic mass is 32.2. The molecule has 0 N–H and O–H groups in total. The van der Waals surface area contributed by atoms with E-state index in [-0.39, 0.29) is 22.4 Å². The second kappa shape index (κ2) is 6.70. The number of amides is 1. The van der Waals surface area contributed by atoms with E-state index in [0.29, 0.717) is 5.56 Å². The molecule has 3 nitrogen and oxygen atoms in total. The lowest BCUT2D eigenvalue weighted by Crippen LogP contribution is -2.33. The summed E-state index contributed by atoms with van der Waals surface area (Å²) in [7, 11) is 1.61. The molecule has 7 heteroatoms. The van der Waals surface area contributed by atoms with Gasteiger partial charge in [0, 0.05) is 30.3 Å². The van der Waals surface area contributed by atoms with Gasteiger partial charge in [0.1, 0.15) is 0 Å². The van der Waals surface area contributed by atoms with E-state index in [9.17, 15) is 22.5 Å². The van der Waals surface area contributed by atoms with Crippen molar-refractivity contribution in [3.05, 3.63) is 29.3 Å². The Labute approximate surface area is 125 Å². The van der Waals surface area contributed by atoms with E-state index in [1.54, 1.807) is 14.0 Å². The molecule has 1 aromatic carbocycles. The summed E-state index contributed by atoms with van der Waals surface area (Å²) in [6, 6.07) is 4.30. The van der Waals surface area contributed by atoms with Gasteiger partial charge in [-0.3, -0.25) is 4.79 Å². The lowest BCUT2D eigenvalue weighted by atomic mass is 10.1. The molecule has 0 fully saturated rings. The molecule has 21 heavy (non-hydrogen) atoms. The van der Waals surface area contributed by atoms with Gasteiger partial charge in [-0.2, -0.15) is 13.2 Å². The maximum atomic E-state index is 12.3. The molecular formula is C14H18F3NO2S. The molecule has 0 aromatic heterocycles. The van der Waals surface area contributed by atoms with E-state index in [0.717, 1.165) is 0 Å². The largest absolute Gasteiger partial charge is 0.611 e. The number of hydrogen-bond donors (Lipinski definition) is 0. The molecule has 1 atom stereocenters. The number of rotatable bonds is 4. The molecule has 0 saturated heterocycles.